The van der Waals surface area contributed by atoms with Gasteiger partial charge in [-0.15, -0.1) is 0 Å². The second-order valence-electron chi connectivity index (χ2n) is 2.43. The maximum absolute atomic E-state index is 10.3. The van der Waals surface area contributed by atoms with Crippen molar-refractivity contribution in [3.63, 3.8) is 0 Å². The van der Waals surface area contributed by atoms with Crippen LogP contribution in [0.3, 0.4) is 0 Å². The number of carbonyl (C=O) groups is 1. The molecule has 0 aliphatic rings. The fourth-order valence-electron chi connectivity index (χ4n) is 0.855. The van der Waals surface area contributed by atoms with Crippen molar-refractivity contribution in [2.75, 3.05) is 5.73 Å². The molecule has 3 nitrogen and oxygen atoms in total. The van der Waals surface area contributed by atoms with E-state index in [4.69, 9.17) is 22.4 Å². The molecule has 0 saturated heterocycles. The van der Waals surface area contributed by atoms with Crippen molar-refractivity contribution in [1.29, 1.82) is 0 Å². The maximum atomic E-state index is 10.3. The topological polar surface area (TPSA) is 63.3 Å². The van der Waals surface area contributed by atoms with Crippen molar-refractivity contribution >= 4 is 23.3 Å². The first-order valence-corrected chi connectivity index (χ1v) is 3.73. The van der Waals surface area contributed by atoms with Gasteiger partial charge in [0.1, 0.15) is 0 Å². The van der Waals surface area contributed by atoms with E-state index in [2.05, 4.69) is 0 Å². The van der Waals surface area contributed by atoms with Crippen molar-refractivity contribution in [3.8, 4) is 0 Å². The van der Waals surface area contributed by atoms with Crippen LogP contribution in [0.2, 0.25) is 5.02 Å². The molecule has 1 rings (SSSR count). The van der Waals surface area contributed by atoms with Gasteiger partial charge in [-0.05, 0) is 17.7 Å². The number of halogens is 1. The molecule has 0 aliphatic heterocycles. The quantitative estimate of drug-likeness (QED) is 0.688. The SMILES string of the molecule is Nc1ccc(CC(=O)O)cc1Cl. The minimum atomic E-state index is -0.879. The van der Waals surface area contributed by atoms with Gasteiger partial charge in [-0.25, -0.2) is 0 Å². The zero-order valence-corrected chi connectivity index (χ0v) is 7.01. The highest BCUT2D eigenvalue weighted by molar-refractivity contribution is 6.33. The lowest BCUT2D eigenvalue weighted by molar-refractivity contribution is -0.136. The predicted octanol–water partition coefficient (Wildman–Crippen LogP) is 1.55. The van der Waals surface area contributed by atoms with Gasteiger partial charge in [0.15, 0.2) is 0 Å². The monoisotopic (exact) mass is 185 g/mol. The van der Waals surface area contributed by atoms with Gasteiger partial charge < -0.3 is 10.8 Å². The van der Waals surface area contributed by atoms with Crippen LogP contribution in [-0.4, -0.2) is 11.1 Å². The summed E-state index contributed by atoms with van der Waals surface area (Å²) < 4.78 is 0. The summed E-state index contributed by atoms with van der Waals surface area (Å²) in [5.74, 6) is -0.879. The zero-order chi connectivity index (χ0) is 9.14. The third kappa shape index (κ3) is 2.13. The first kappa shape index (κ1) is 8.87. The molecule has 0 amide bonds. The summed E-state index contributed by atoms with van der Waals surface area (Å²) in [6.45, 7) is 0. The smallest absolute Gasteiger partial charge is 0.307 e. The van der Waals surface area contributed by atoms with E-state index in [0.29, 0.717) is 16.3 Å². The first-order valence-electron chi connectivity index (χ1n) is 3.35. The molecule has 0 bridgehead atoms. The summed E-state index contributed by atoms with van der Waals surface area (Å²) in [4.78, 5) is 10.3. The molecule has 0 saturated carbocycles. The molecule has 0 aliphatic carbocycles. The molecule has 0 spiro atoms. The Morgan fingerprint density at radius 2 is 2.25 bits per heavy atom. The standard InChI is InChI=1S/C8H8ClNO2/c9-6-3-5(4-8(11)12)1-2-7(6)10/h1-3H,4,10H2,(H,11,12). The molecule has 0 fully saturated rings. The molecule has 0 radical (unpaired) electrons. The van der Waals surface area contributed by atoms with Gasteiger partial charge in [0.2, 0.25) is 0 Å². The number of aliphatic carboxylic acids is 1. The van der Waals surface area contributed by atoms with Crippen molar-refractivity contribution in [3.05, 3.63) is 28.8 Å². The number of hydrogen-bond donors (Lipinski definition) is 2. The van der Waals surface area contributed by atoms with E-state index in [1.807, 2.05) is 0 Å². The molecule has 1 aromatic carbocycles. The summed E-state index contributed by atoms with van der Waals surface area (Å²) in [5.41, 5.74) is 6.56. The van der Waals surface area contributed by atoms with Gasteiger partial charge in [0.25, 0.3) is 0 Å². The predicted molar refractivity (Wildman–Crippen MR) is 47.2 cm³/mol. The molecule has 0 unspecified atom stereocenters. The zero-order valence-electron chi connectivity index (χ0n) is 6.25. The second kappa shape index (κ2) is 3.45. The van der Waals surface area contributed by atoms with Gasteiger partial charge in [0, 0.05) is 0 Å². The first-order chi connectivity index (χ1) is 5.59. The maximum Gasteiger partial charge on any atom is 0.307 e. The fraction of sp³-hybridized carbons (Fsp3) is 0.125. The fourth-order valence-corrected chi connectivity index (χ4v) is 1.06. The van der Waals surface area contributed by atoms with E-state index in [9.17, 15) is 4.79 Å². The van der Waals surface area contributed by atoms with Crippen LogP contribution in [0.5, 0.6) is 0 Å². The summed E-state index contributed by atoms with van der Waals surface area (Å²) in [6.07, 6.45) is -0.0278. The number of carboxylic acids is 1. The van der Waals surface area contributed by atoms with E-state index in [-0.39, 0.29) is 6.42 Å². The van der Waals surface area contributed by atoms with Crippen LogP contribution < -0.4 is 5.73 Å². The van der Waals surface area contributed by atoms with Gasteiger partial charge in [-0.2, -0.15) is 0 Å². The van der Waals surface area contributed by atoms with Crippen molar-refractivity contribution < 1.29 is 9.90 Å². The Kier molecular flexibility index (Phi) is 2.55. The highest BCUT2D eigenvalue weighted by Crippen LogP contribution is 2.19. The van der Waals surface area contributed by atoms with Gasteiger partial charge in [-0.1, -0.05) is 17.7 Å². The molecule has 12 heavy (non-hydrogen) atoms. The number of nitrogen functional groups attached to an aromatic ring is 1. The normalized spacial score (nSPS) is 9.75. The van der Waals surface area contributed by atoms with E-state index >= 15 is 0 Å². The minimum absolute atomic E-state index is 0.0278. The highest BCUT2D eigenvalue weighted by Gasteiger charge is 2.02. The van der Waals surface area contributed by atoms with Crippen LogP contribution in [-0.2, 0) is 11.2 Å². The van der Waals surface area contributed by atoms with E-state index in [0.717, 1.165) is 0 Å². The number of carboxylic acid groups (broad SMARTS) is 1. The van der Waals surface area contributed by atoms with Crippen LogP contribution in [0.15, 0.2) is 18.2 Å². The lowest BCUT2D eigenvalue weighted by Crippen LogP contribution is -2.00. The molecule has 4 heteroatoms. The van der Waals surface area contributed by atoms with Gasteiger partial charge >= 0.3 is 5.97 Å². The highest BCUT2D eigenvalue weighted by atomic mass is 35.5. The van der Waals surface area contributed by atoms with Crippen LogP contribution >= 0.6 is 11.6 Å². The molecule has 0 atom stereocenters. The second-order valence-corrected chi connectivity index (χ2v) is 2.83. The molecule has 64 valence electrons. The Labute approximate surface area is 74.8 Å². The lowest BCUT2D eigenvalue weighted by Gasteiger charge is -2.00. The Balaban J connectivity index is 2.89. The molecule has 0 heterocycles. The van der Waals surface area contributed by atoms with Crippen molar-refractivity contribution in [2.45, 2.75) is 6.42 Å². The van der Waals surface area contributed by atoms with Crippen LogP contribution in [0, 0.1) is 0 Å². The van der Waals surface area contributed by atoms with Gasteiger partial charge in [-0.3, -0.25) is 4.79 Å². The van der Waals surface area contributed by atoms with E-state index in [1.165, 1.54) is 0 Å². The largest absolute Gasteiger partial charge is 0.481 e. The molecular weight excluding hydrogens is 178 g/mol. The number of anilines is 1. The lowest BCUT2D eigenvalue weighted by atomic mass is 10.1. The molecule has 1 aromatic rings. The third-order valence-electron chi connectivity index (χ3n) is 1.42. The third-order valence-corrected chi connectivity index (χ3v) is 1.75. The Morgan fingerprint density at radius 1 is 1.58 bits per heavy atom. The molecule has 0 aromatic heterocycles. The van der Waals surface area contributed by atoms with Crippen molar-refractivity contribution in [1.82, 2.24) is 0 Å². The average Bonchev–Trinajstić information content (AvgIpc) is 1.96. The number of hydrogen-bond acceptors (Lipinski definition) is 2. The molecule has 3 N–H and O–H groups in total. The van der Waals surface area contributed by atoms with E-state index in [1.54, 1.807) is 18.2 Å². The summed E-state index contributed by atoms with van der Waals surface area (Å²) >= 11 is 5.68. The molecular formula is C8H8ClNO2. The van der Waals surface area contributed by atoms with Crippen LogP contribution in [0.4, 0.5) is 5.69 Å². The number of nitrogens with two attached hydrogens (primary N) is 1. The van der Waals surface area contributed by atoms with Gasteiger partial charge in [0.05, 0.1) is 17.1 Å². The Bertz CT molecular complexity index is 312. The minimum Gasteiger partial charge on any atom is -0.481 e. The Morgan fingerprint density at radius 3 is 2.75 bits per heavy atom. The van der Waals surface area contributed by atoms with Crippen LogP contribution in [0.1, 0.15) is 5.56 Å². The summed E-state index contributed by atoms with van der Waals surface area (Å²) in [5, 5.41) is 8.85. The van der Waals surface area contributed by atoms with Crippen LogP contribution in [0.25, 0.3) is 0 Å². The van der Waals surface area contributed by atoms with Crippen molar-refractivity contribution in [2.24, 2.45) is 0 Å². The summed E-state index contributed by atoms with van der Waals surface area (Å²) in [6, 6.07) is 4.81. The number of benzene rings is 1. The number of rotatable bonds is 2. The Hall–Kier alpha value is -1.22. The average molecular weight is 186 g/mol. The van der Waals surface area contributed by atoms with E-state index < -0.39 is 5.97 Å². The summed E-state index contributed by atoms with van der Waals surface area (Å²) in [7, 11) is 0.